The van der Waals surface area contributed by atoms with E-state index in [0.717, 1.165) is 32.4 Å². The molecule has 0 amide bonds. The van der Waals surface area contributed by atoms with Crippen LogP contribution < -0.4 is 5.32 Å². The van der Waals surface area contributed by atoms with Gasteiger partial charge in [0.05, 0.1) is 0 Å². The minimum Gasteiger partial charge on any atom is -0.316 e. The van der Waals surface area contributed by atoms with Crippen LogP contribution in [-0.4, -0.2) is 19.0 Å². The maximum absolute atomic E-state index is 13.4. The van der Waals surface area contributed by atoms with Gasteiger partial charge in [0.25, 0.3) is 5.92 Å². The lowest BCUT2D eigenvalue weighted by atomic mass is 10.00. The van der Waals surface area contributed by atoms with E-state index in [9.17, 15) is 8.78 Å². The molecule has 2 aliphatic carbocycles. The van der Waals surface area contributed by atoms with Gasteiger partial charge in [0.15, 0.2) is 0 Å². The zero-order valence-corrected chi connectivity index (χ0v) is 8.83. The van der Waals surface area contributed by atoms with Crippen LogP contribution in [0.4, 0.5) is 8.78 Å². The number of halogens is 3. The molecule has 3 atom stereocenters. The van der Waals surface area contributed by atoms with Gasteiger partial charge in [-0.25, -0.2) is 8.78 Å². The van der Waals surface area contributed by atoms with Gasteiger partial charge in [0.1, 0.15) is 0 Å². The summed E-state index contributed by atoms with van der Waals surface area (Å²) < 4.78 is 26.8. The lowest BCUT2D eigenvalue weighted by Gasteiger charge is -2.05. The average Bonchev–Trinajstić information content (AvgIpc) is 2.91. The van der Waals surface area contributed by atoms with Crippen molar-refractivity contribution < 1.29 is 8.78 Å². The second-order valence-electron chi connectivity index (χ2n) is 4.82. The molecule has 1 N–H and O–H groups in total. The predicted molar refractivity (Wildman–Crippen MR) is 52.9 cm³/mol. The van der Waals surface area contributed by atoms with Crippen LogP contribution in [0.1, 0.15) is 19.3 Å². The molecule has 2 saturated carbocycles. The molecule has 82 valence electrons. The molecule has 0 aromatic heterocycles. The van der Waals surface area contributed by atoms with Crippen molar-refractivity contribution >= 4 is 12.4 Å². The molecular formula is C10H16ClF2N. The zero-order valence-electron chi connectivity index (χ0n) is 8.01. The minimum atomic E-state index is -2.31. The highest BCUT2D eigenvalue weighted by molar-refractivity contribution is 5.85. The predicted octanol–water partition coefficient (Wildman–Crippen LogP) is 2.31. The van der Waals surface area contributed by atoms with Crippen LogP contribution in [-0.2, 0) is 0 Å². The van der Waals surface area contributed by atoms with Gasteiger partial charge in [0, 0.05) is 11.8 Å². The van der Waals surface area contributed by atoms with Gasteiger partial charge in [-0.1, -0.05) is 0 Å². The monoisotopic (exact) mass is 223 g/mol. The first kappa shape index (κ1) is 10.6. The molecule has 0 aromatic carbocycles. The lowest BCUT2D eigenvalue weighted by molar-refractivity contribution is 0.0726. The minimum absolute atomic E-state index is 0. The highest BCUT2D eigenvalue weighted by atomic mass is 35.5. The molecule has 0 bridgehead atoms. The molecule has 14 heavy (non-hydrogen) atoms. The molecule has 3 fully saturated rings. The SMILES string of the molecule is Cl.FC1(F)C(C2CC2)C1C1CCNC1. The molecule has 1 heterocycles. The van der Waals surface area contributed by atoms with E-state index in [2.05, 4.69) is 5.32 Å². The summed E-state index contributed by atoms with van der Waals surface area (Å²) in [5, 5.41) is 3.18. The highest BCUT2D eigenvalue weighted by Crippen LogP contribution is 2.67. The molecule has 0 aromatic rings. The fourth-order valence-corrected chi connectivity index (χ4v) is 3.03. The Labute approximate surface area is 89.0 Å². The first-order chi connectivity index (χ1) is 6.21. The summed E-state index contributed by atoms with van der Waals surface area (Å²) in [4.78, 5) is 0. The van der Waals surface area contributed by atoms with Gasteiger partial charge < -0.3 is 5.32 Å². The third-order valence-electron chi connectivity index (χ3n) is 3.90. The van der Waals surface area contributed by atoms with Crippen molar-refractivity contribution in [2.24, 2.45) is 23.7 Å². The van der Waals surface area contributed by atoms with E-state index >= 15 is 0 Å². The number of hydrogen-bond acceptors (Lipinski definition) is 1. The summed E-state index contributed by atoms with van der Waals surface area (Å²) in [6.45, 7) is 1.76. The summed E-state index contributed by atoms with van der Waals surface area (Å²) in [6.07, 6.45) is 3.07. The molecule has 0 spiro atoms. The fraction of sp³-hybridized carbons (Fsp3) is 1.00. The smallest absolute Gasteiger partial charge is 0.255 e. The summed E-state index contributed by atoms with van der Waals surface area (Å²) in [5.41, 5.74) is 0. The number of rotatable bonds is 2. The van der Waals surface area contributed by atoms with Gasteiger partial charge in [-0.15, -0.1) is 12.4 Å². The largest absolute Gasteiger partial charge is 0.316 e. The third-order valence-corrected chi connectivity index (χ3v) is 3.90. The molecule has 1 saturated heterocycles. The van der Waals surface area contributed by atoms with Crippen LogP contribution in [0, 0.1) is 23.7 Å². The molecule has 1 nitrogen and oxygen atoms in total. The normalized spacial score (nSPS) is 44.6. The van der Waals surface area contributed by atoms with E-state index in [1.807, 2.05) is 0 Å². The van der Waals surface area contributed by atoms with Crippen LogP contribution in [0.3, 0.4) is 0 Å². The van der Waals surface area contributed by atoms with Crippen LogP contribution in [0.5, 0.6) is 0 Å². The second kappa shape index (κ2) is 3.31. The standard InChI is InChI=1S/C10H15F2N.ClH/c11-10(12)8(6-1-2-6)9(10)7-3-4-13-5-7;/h6-9,13H,1-5H2;1H. The van der Waals surface area contributed by atoms with E-state index in [0.29, 0.717) is 5.92 Å². The number of alkyl halides is 2. The maximum atomic E-state index is 13.4. The summed E-state index contributed by atoms with van der Waals surface area (Å²) in [7, 11) is 0. The summed E-state index contributed by atoms with van der Waals surface area (Å²) >= 11 is 0. The van der Waals surface area contributed by atoms with Crippen molar-refractivity contribution in [3.63, 3.8) is 0 Å². The van der Waals surface area contributed by atoms with Gasteiger partial charge in [-0.05, 0) is 44.2 Å². The number of nitrogens with one attached hydrogen (secondary N) is 1. The second-order valence-corrected chi connectivity index (χ2v) is 4.82. The maximum Gasteiger partial charge on any atom is 0.255 e. The van der Waals surface area contributed by atoms with Gasteiger partial charge in [-0.3, -0.25) is 0 Å². The van der Waals surface area contributed by atoms with E-state index in [4.69, 9.17) is 0 Å². The van der Waals surface area contributed by atoms with E-state index < -0.39 is 5.92 Å². The van der Waals surface area contributed by atoms with Gasteiger partial charge in [0.2, 0.25) is 0 Å². The van der Waals surface area contributed by atoms with Crippen molar-refractivity contribution in [3.05, 3.63) is 0 Å². The Hall–Kier alpha value is 0.110. The van der Waals surface area contributed by atoms with E-state index in [-0.39, 0.29) is 30.2 Å². The van der Waals surface area contributed by atoms with Crippen LogP contribution in [0.25, 0.3) is 0 Å². The van der Waals surface area contributed by atoms with Crippen molar-refractivity contribution in [1.82, 2.24) is 5.32 Å². The molecular weight excluding hydrogens is 208 g/mol. The van der Waals surface area contributed by atoms with Crippen molar-refractivity contribution in [3.8, 4) is 0 Å². The first-order valence-corrected chi connectivity index (χ1v) is 5.30. The Kier molecular flexibility index (Phi) is 2.51. The topological polar surface area (TPSA) is 12.0 Å². The van der Waals surface area contributed by atoms with Crippen LogP contribution in [0.15, 0.2) is 0 Å². The quantitative estimate of drug-likeness (QED) is 0.758. The Morgan fingerprint density at radius 1 is 1.00 bits per heavy atom. The molecule has 4 heteroatoms. The molecule has 3 unspecified atom stereocenters. The summed E-state index contributed by atoms with van der Waals surface area (Å²) in [5.74, 6) is -2.17. The number of hydrogen-bond donors (Lipinski definition) is 1. The van der Waals surface area contributed by atoms with Crippen LogP contribution in [0.2, 0.25) is 0 Å². The van der Waals surface area contributed by atoms with Crippen molar-refractivity contribution in [2.75, 3.05) is 13.1 Å². The molecule has 3 aliphatic rings. The zero-order chi connectivity index (χ0) is 9.05. The van der Waals surface area contributed by atoms with Gasteiger partial charge >= 0.3 is 0 Å². The third kappa shape index (κ3) is 1.45. The molecule has 1 aliphatic heterocycles. The van der Waals surface area contributed by atoms with Crippen molar-refractivity contribution in [2.45, 2.75) is 25.2 Å². The summed E-state index contributed by atoms with van der Waals surface area (Å²) in [6, 6.07) is 0. The van der Waals surface area contributed by atoms with Gasteiger partial charge in [-0.2, -0.15) is 0 Å². The highest BCUT2D eigenvalue weighted by Gasteiger charge is 2.73. The van der Waals surface area contributed by atoms with Crippen molar-refractivity contribution in [1.29, 1.82) is 0 Å². The fourth-order valence-electron chi connectivity index (χ4n) is 3.03. The Bertz CT molecular complexity index is 224. The first-order valence-electron chi connectivity index (χ1n) is 5.30. The average molecular weight is 224 g/mol. The van der Waals surface area contributed by atoms with E-state index in [1.54, 1.807) is 0 Å². The Morgan fingerprint density at radius 3 is 2.14 bits per heavy atom. The lowest BCUT2D eigenvalue weighted by Crippen LogP contribution is -2.13. The molecule has 0 radical (unpaired) electrons. The Balaban J connectivity index is 0.000000750. The van der Waals surface area contributed by atoms with Crippen LogP contribution >= 0.6 is 12.4 Å². The molecule has 3 rings (SSSR count). The Morgan fingerprint density at radius 2 is 1.64 bits per heavy atom. The van der Waals surface area contributed by atoms with E-state index in [1.165, 1.54) is 0 Å².